The van der Waals surface area contributed by atoms with Crippen molar-refractivity contribution in [2.75, 3.05) is 40.3 Å². The predicted octanol–water partition coefficient (Wildman–Crippen LogP) is 2.31. The number of hydrogen-bond acceptors (Lipinski definition) is 2. The van der Waals surface area contributed by atoms with Crippen molar-refractivity contribution in [3.63, 3.8) is 0 Å². The number of carbonyl (C=O) groups excluding carboxylic acids is 1. The highest BCUT2D eigenvalue weighted by molar-refractivity contribution is 14.0. The second-order valence-corrected chi connectivity index (χ2v) is 6.69. The first-order valence-electron chi connectivity index (χ1n) is 8.30. The van der Waals surface area contributed by atoms with Crippen LogP contribution < -0.4 is 5.32 Å². The smallest absolute Gasteiger partial charge is 0.243 e. The van der Waals surface area contributed by atoms with Crippen LogP contribution in [0.3, 0.4) is 0 Å². The van der Waals surface area contributed by atoms with E-state index in [2.05, 4.69) is 22.1 Å². The molecular formula is C16H31IN4O. The highest BCUT2D eigenvalue weighted by Gasteiger charge is 2.39. The molecule has 0 atom stereocenters. The van der Waals surface area contributed by atoms with Gasteiger partial charge in [-0.25, -0.2) is 4.99 Å². The molecule has 22 heavy (non-hydrogen) atoms. The van der Waals surface area contributed by atoms with Gasteiger partial charge >= 0.3 is 0 Å². The Kier molecular flexibility index (Phi) is 7.93. The molecule has 6 heteroatoms. The van der Waals surface area contributed by atoms with Gasteiger partial charge in [0.25, 0.3) is 0 Å². The summed E-state index contributed by atoms with van der Waals surface area (Å²) < 4.78 is 0. The van der Waals surface area contributed by atoms with Crippen LogP contribution in [0.25, 0.3) is 0 Å². The van der Waals surface area contributed by atoms with Gasteiger partial charge in [-0.1, -0.05) is 19.3 Å². The fourth-order valence-corrected chi connectivity index (χ4v) is 3.54. The van der Waals surface area contributed by atoms with Gasteiger partial charge in [0.15, 0.2) is 5.96 Å². The fraction of sp³-hybridized carbons (Fsp3) is 0.875. The zero-order valence-corrected chi connectivity index (χ0v) is 16.6. The monoisotopic (exact) mass is 422 g/mol. The number of carbonyl (C=O) groups is 1. The minimum absolute atomic E-state index is 0. The number of likely N-dealkylation sites (N-methyl/N-ethyl adjacent to an activating group) is 1. The number of amides is 1. The van der Waals surface area contributed by atoms with Crippen molar-refractivity contribution in [2.45, 2.75) is 45.4 Å². The topological polar surface area (TPSA) is 47.9 Å². The lowest BCUT2D eigenvalue weighted by molar-refractivity contribution is -0.127. The molecule has 128 valence electrons. The zero-order valence-electron chi connectivity index (χ0n) is 14.2. The van der Waals surface area contributed by atoms with E-state index in [1.54, 1.807) is 19.0 Å². The van der Waals surface area contributed by atoms with Crippen molar-refractivity contribution < 1.29 is 4.79 Å². The van der Waals surface area contributed by atoms with E-state index in [-0.39, 0.29) is 36.4 Å². The van der Waals surface area contributed by atoms with Crippen LogP contribution in [0.1, 0.15) is 45.4 Å². The van der Waals surface area contributed by atoms with E-state index in [0.717, 1.165) is 25.6 Å². The maximum absolute atomic E-state index is 11.7. The number of halogens is 1. The quantitative estimate of drug-likeness (QED) is 0.432. The summed E-state index contributed by atoms with van der Waals surface area (Å²) in [5.74, 6) is 0.965. The van der Waals surface area contributed by atoms with E-state index < -0.39 is 0 Å². The molecule has 1 N–H and O–H groups in total. The molecule has 1 saturated carbocycles. The third kappa shape index (κ3) is 4.99. The van der Waals surface area contributed by atoms with Crippen molar-refractivity contribution in [2.24, 2.45) is 10.4 Å². The van der Waals surface area contributed by atoms with Crippen LogP contribution in [0, 0.1) is 5.41 Å². The molecule has 0 bridgehead atoms. The molecule has 1 amide bonds. The molecule has 2 rings (SSSR count). The Morgan fingerprint density at radius 3 is 2.50 bits per heavy atom. The van der Waals surface area contributed by atoms with Gasteiger partial charge < -0.3 is 15.1 Å². The van der Waals surface area contributed by atoms with E-state index in [1.165, 1.54) is 38.5 Å². The summed E-state index contributed by atoms with van der Waals surface area (Å²) in [4.78, 5) is 20.2. The van der Waals surface area contributed by atoms with Crippen LogP contribution in [-0.4, -0.2) is 61.9 Å². The van der Waals surface area contributed by atoms with Crippen molar-refractivity contribution in [1.29, 1.82) is 0 Å². The van der Waals surface area contributed by atoms with Gasteiger partial charge in [0.2, 0.25) is 5.91 Å². The van der Waals surface area contributed by atoms with Crippen LogP contribution in [0.4, 0.5) is 0 Å². The Morgan fingerprint density at radius 2 is 1.91 bits per heavy atom. The Hall–Kier alpha value is -0.530. The van der Waals surface area contributed by atoms with E-state index in [1.807, 2.05) is 0 Å². The largest absolute Gasteiger partial charge is 0.357 e. The van der Waals surface area contributed by atoms with E-state index >= 15 is 0 Å². The summed E-state index contributed by atoms with van der Waals surface area (Å²) in [5.41, 5.74) is 0.514. The first kappa shape index (κ1) is 19.5. The van der Waals surface area contributed by atoms with E-state index in [9.17, 15) is 4.79 Å². The fourth-order valence-electron chi connectivity index (χ4n) is 3.54. The first-order chi connectivity index (χ1) is 10.1. The zero-order chi connectivity index (χ0) is 15.3. The Morgan fingerprint density at radius 1 is 1.23 bits per heavy atom. The molecule has 1 aliphatic heterocycles. The van der Waals surface area contributed by atoms with Gasteiger partial charge in [0.1, 0.15) is 6.54 Å². The average molecular weight is 422 g/mol. The summed E-state index contributed by atoms with van der Waals surface area (Å²) in [6.45, 7) is 5.34. The maximum atomic E-state index is 11.7. The summed E-state index contributed by atoms with van der Waals surface area (Å²) in [6, 6.07) is 0. The van der Waals surface area contributed by atoms with Crippen LogP contribution in [0.15, 0.2) is 4.99 Å². The standard InChI is InChI=1S/C16H30N4O.HI/c1-4-17-15(18-12-14(21)19(2)3)20-11-10-16(13-20)8-6-5-7-9-16;/h4-13H2,1-3H3,(H,17,18);1H. The van der Waals surface area contributed by atoms with Crippen molar-refractivity contribution in [3.8, 4) is 0 Å². The molecule has 0 aromatic heterocycles. The highest BCUT2D eigenvalue weighted by atomic mass is 127. The molecule has 1 saturated heterocycles. The number of likely N-dealkylation sites (tertiary alicyclic amines) is 1. The Bertz CT molecular complexity index is 392. The number of nitrogens with zero attached hydrogens (tertiary/aromatic N) is 3. The minimum Gasteiger partial charge on any atom is -0.357 e. The maximum Gasteiger partial charge on any atom is 0.243 e. The second-order valence-electron chi connectivity index (χ2n) is 6.69. The summed E-state index contributed by atoms with van der Waals surface area (Å²) in [7, 11) is 3.55. The van der Waals surface area contributed by atoms with Crippen LogP contribution >= 0.6 is 24.0 Å². The van der Waals surface area contributed by atoms with Gasteiger partial charge in [0.05, 0.1) is 0 Å². The Balaban J connectivity index is 0.00000242. The minimum atomic E-state index is 0. The summed E-state index contributed by atoms with van der Waals surface area (Å²) in [5, 5.41) is 3.35. The molecule has 0 unspecified atom stereocenters. The predicted molar refractivity (Wildman–Crippen MR) is 102 cm³/mol. The van der Waals surface area contributed by atoms with Crippen molar-refractivity contribution >= 4 is 35.8 Å². The molecule has 1 spiro atoms. The molecule has 2 aliphatic rings. The molecule has 1 heterocycles. The SMILES string of the molecule is CCNC(=NCC(=O)N(C)C)N1CCC2(CCCCC2)C1.I. The summed E-state index contributed by atoms with van der Waals surface area (Å²) in [6.07, 6.45) is 8.15. The highest BCUT2D eigenvalue weighted by Crippen LogP contribution is 2.43. The van der Waals surface area contributed by atoms with Crippen LogP contribution in [-0.2, 0) is 4.79 Å². The van der Waals surface area contributed by atoms with Gasteiger partial charge in [-0.2, -0.15) is 0 Å². The van der Waals surface area contributed by atoms with Gasteiger partial charge in [0, 0.05) is 33.7 Å². The van der Waals surface area contributed by atoms with Gasteiger partial charge in [-0.05, 0) is 31.6 Å². The third-order valence-corrected chi connectivity index (χ3v) is 4.85. The van der Waals surface area contributed by atoms with E-state index in [4.69, 9.17) is 0 Å². The van der Waals surface area contributed by atoms with Crippen LogP contribution in [0.2, 0.25) is 0 Å². The number of guanidine groups is 1. The third-order valence-electron chi connectivity index (χ3n) is 4.85. The number of aliphatic imine (C=N–C) groups is 1. The lowest BCUT2D eigenvalue weighted by Gasteiger charge is -2.33. The van der Waals surface area contributed by atoms with Gasteiger partial charge in [-0.3, -0.25) is 4.79 Å². The normalized spacial score (nSPS) is 20.7. The molecule has 0 aromatic carbocycles. The number of rotatable bonds is 3. The molecule has 0 aromatic rings. The van der Waals surface area contributed by atoms with Crippen molar-refractivity contribution in [3.05, 3.63) is 0 Å². The number of hydrogen-bond donors (Lipinski definition) is 1. The number of nitrogens with one attached hydrogen (secondary N) is 1. The second kappa shape index (κ2) is 8.93. The summed E-state index contributed by atoms with van der Waals surface area (Å²) >= 11 is 0. The molecule has 2 fully saturated rings. The Labute approximate surface area is 151 Å². The lowest BCUT2D eigenvalue weighted by Crippen LogP contribution is -2.42. The average Bonchev–Trinajstić information content (AvgIpc) is 2.87. The molecular weight excluding hydrogens is 391 g/mol. The molecule has 0 radical (unpaired) electrons. The lowest BCUT2D eigenvalue weighted by atomic mass is 9.73. The van der Waals surface area contributed by atoms with E-state index in [0.29, 0.717) is 5.41 Å². The first-order valence-corrected chi connectivity index (χ1v) is 8.30. The van der Waals surface area contributed by atoms with Gasteiger partial charge in [-0.15, -0.1) is 24.0 Å². The molecule has 1 aliphatic carbocycles. The van der Waals surface area contributed by atoms with Crippen molar-refractivity contribution in [1.82, 2.24) is 15.1 Å². The van der Waals surface area contributed by atoms with Crippen LogP contribution in [0.5, 0.6) is 0 Å². The molecule has 5 nitrogen and oxygen atoms in total.